The van der Waals surface area contributed by atoms with E-state index < -0.39 is 0 Å². The normalized spacial score (nSPS) is 21.8. The van der Waals surface area contributed by atoms with Gasteiger partial charge in [-0.2, -0.15) is 9.97 Å². The first-order valence-electron chi connectivity index (χ1n) is 11.0. The van der Waals surface area contributed by atoms with Crippen LogP contribution >= 0.6 is 0 Å². The highest BCUT2D eigenvalue weighted by molar-refractivity contribution is 5.88. The van der Waals surface area contributed by atoms with Crippen LogP contribution in [0.15, 0.2) is 36.4 Å². The van der Waals surface area contributed by atoms with Crippen LogP contribution in [0.3, 0.4) is 0 Å². The van der Waals surface area contributed by atoms with E-state index in [4.69, 9.17) is 20.4 Å². The number of ether oxygens (including phenoxy) is 1. The molecule has 3 aliphatic rings. The maximum Gasteiger partial charge on any atom is 0.324 e. The van der Waals surface area contributed by atoms with Gasteiger partial charge < -0.3 is 26.0 Å². The van der Waals surface area contributed by atoms with E-state index in [9.17, 15) is 9.18 Å². The summed E-state index contributed by atoms with van der Waals surface area (Å²) < 4.78 is 20.4. The average molecular weight is 446 g/mol. The molecule has 1 amide bonds. The Labute approximate surface area is 190 Å². The van der Waals surface area contributed by atoms with Crippen molar-refractivity contribution in [1.82, 2.24) is 9.97 Å². The number of hydrogen-bond acceptors (Lipinski definition) is 7. The monoisotopic (exact) mass is 446 g/mol. The van der Waals surface area contributed by atoms with Crippen molar-refractivity contribution in [2.24, 2.45) is 17.6 Å². The molecule has 1 saturated heterocycles. The average Bonchev–Trinajstić information content (AvgIpc) is 3.15. The van der Waals surface area contributed by atoms with Crippen LogP contribution in [0.4, 0.5) is 21.6 Å². The number of carbonyl (C=O) groups is 1. The van der Waals surface area contributed by atoms with Gasteiger partial charge in [-0.15, -0.1) is 0 Å². The zero-order chi connectivity index (χ0) is 22.7. The van der Waals surface area contributed by atoms with Crippen LogP contribution in [0.1, 0.15) is 11.3 Å². The van der Waals surface area contributed by atoms with E-state index in [2.05, 4.69) is 15.5 Å². The summed E-state index contributed by atoms with van der Waals surface area (Å²) >= 11 is 0. The maximum atomic E-state index is 14.4. The van der Waals surface area contributed by atoms with Gasteiger partial charge in [0.25, 0.3) is 0 Å². The van der Waals surface area contributed by atoms with E-state index in [1.165, 1.54) is 6.07 Å². The lowest BCUT2D eigenvalue weighted by molar-refractivity contribution is -0.105. The summed E-state index contributed by atoms with van der Waals surface area (Å²) in [6.07, 6.45) is 1.17. The first-order valence-corrected chi connectivity index (χ1v) is 11.0. The molecular formula is C24H23FN6O2. The molecule has 168 valence electrons. The number of nitrogens with zero attached hydrogens (tertiary/aromatic N) is 3. The number of nitrogens with one attached hydrogen (secondary N) is 2. The molecule has 0 radical (unpaired) electrons. The highest BCUT2D eigenvalue weighted by Gasteiger charge is 2.54. The van der Waals surface area contributed by atoms with Crippen LogP contribution in [-0.2, 0) is 11.2 Å². The van der Waals surface area contributed by atoms with Gasteiger partial charge >= 0.3 is 6.01 Å². The number of aromatic nitrogens is 2. The van der Waals surface area contributed by atoms with Gasteiger partial charge in [0.1, 0.15) is 17.4 Å². The fourth-order valence-electron chi connectivity index (χ4n) is 5.16. The Bertz CT molecular complexity index is 1270. The Morgan fingerprint density at radius 2 is 2.03 bits per heavy atom. The molecule has 2 fully saturated rings. The highest BCUT2D eigenvalue weighted by Crippen LogP contribution is 2.50. The van der Waals surface area contributed by atoms with Crippen molar-refractivity contribution in [3.8, 4) is 22.9 Å². The summed E-state index contributed by atoms with van der Waals surface area (Å²) in [6, 6.07) is 10.6. The fraction of sp³-hybridized carbons (Fsp3) is 0.292. The molecule has 33 heavy (non-hydrogen) atoms. The van der Waals surface area contributed by atoms with Gasteiger partial charge in [-0.1, -0.05) is 6.07 Å². The number of carbonyl (C=O) groups excluding carboxylic acids is 1. The smallest absolute Gasteiger partial charge is 0.324 e. The molecule has 0 bridgehead atoms. The van der Waals surface area contributed by atoms with Crippen molar-refractivity contribution < 1.29 is 13.9 Å². The molecule has 1 aliphatic heterocycles. The van der Waals surface area contributed by atoms with Crippen molar-refractivity contribution in [3.63, 3.8) is 0 Å². The van der Waals surface area contributed by atoms with E-state index in [0.717, 1.165) is 47.0 Å². The van der Waals surface area contributed by atoms with Crippen LogP contribution in [0.5, 0.6) is 11.8 Å². The third-order valence-corrected chi connectivity index (χ3v) is 6.87. The highest BCUT2D eigenvalue weighted by atomic mass is 19.1. The standard InChI is InChI=1S/C24H23FN6O2/c1-27-19-6-12(25)5-16-15(19)8-20-21(16)23(31-9-17-18(10-31)22(17)26)30-24(29-20)33-14-4-2-3-13(7-14)28-11-32/h2-7,11,17-18,22,27H,8-10,26H2,1H3,(H,28,32). The Balaban J connectivity index is 1.43. The predicted octanol–water partition coefficient (Wildman–Crippen LogP) is 2.98. The molecular weight excluding hydrogens is 423 g/mol. The van der Waals surface area contributed by atoms with E-state index in [0.29, 0.717) is 36.1 Å². The predicted molar refractivity (Wildman–Crippen MR) is 123 cm³/mol. The van der Waals surface area contributed by atoms with Crippen molar-refractivity contribution in [3.05, 3.63) is 53.5 Å². The Morgan fingerprint density at radius 1 is 1.21 bits per heavy atom. The zero-order valence-corrected chi connectivity index (χ0v) is 18.0. The van der Waals surface area contributed by atoms with Gasteiger partial charge in [0.15, 0.2) is 0 Å². The van der Waals surface area contributed by atoms with Crippen LogP contribution in [0.2, 0.25) is 0 Å². The number of halogens is 1. The molecule has 2 unspecified atom stereocenters. The van der Waals surface area contributed by atoms with Crippen LogP contribution in [0, 0.1) is 17.7 Å². The number of hydrogen-bond donors (Lipinski definition) is 3. The minimum absolute atomic E-state index is 0.219. The fourth-order valence-corrected chi connectivity index (χ4v) is 5.16. The topological polar surface area (TPSA) is 105 Å². The number of benzene rings is 2. The summed E-state index contributed by atoms with van der Waals surface area (Å²) in [4.78, 5) is 22.5. The lowest BCUT2D eigenvalue weighted by atomic mass is 10.0. The second kappa shape index (κ2) is 7.41. The SMILES string of the molecule is CNc1cc(F)cc2c1Cc1nc(Oc3cccc(NC=O)c3)nc(N3CC4C(N)C4C3)c1-2. The van der Waals surface area contributed by atoms with Crippen LogP contribution in [-0.4, -0.2) is 42.6 Å². The number of amides is 1. The minimum Gasteiger partial charge on any atom is -0.424 e. The number of piperidine rings is 1. The van der Waals surface area contributed by atoms with Crippen molar-refractivity contribution in [1.29, 1.82) is 0 Å². The Hall–Kier alpha value is -3.72. The molecule has 2 atom stereocenters. The van der Waals surface area contributed by atoms with Crippen LogP contribution < -0.4 is 26.0 Å². The van der Waals surface area contributed by atoms with Crippen molar-refractivity contribution in [2.45, 2.75) is 12.5 Å². The van der Waals surface area contributed by atoms with Gasteiger partial charge in [0, 0.05) is 55.6 Å². The summed E-state index contributed by atoms with van der Waals surface area (Å²) in [5, 5.41) is 5.71. The molecule has 2 aromatic carbocycles. The molecule has 6 rings (SSSR count). The van der Waals surface area contributed by atoms with E-state index >= 15 is 0 Å². The number of fused-ring (bicyclic) bond motifs is 4. The van der Waals surface area contributed by atoms with Gasteiger partial charge in [-0.25, -0.2) is 4.39 Å². The van der Waals surface area contributed by atoms with E-state index in [-0.39, 0.29) is 17.9 Å². The van der Waals surface area contributed by atoms with Gasteiger partial charge in [0.05, 0.1) is 5.69 Å². The molecule has 0 spiro atoms. The minimum atomic E-state index is -0.303. The Morgan fingerprint density at radius 3 is 2.79 bits per heavy atom. The van der Waals surface area contributed by atoms with E-state index in [1.54, 1.807) is 37.4 Å². The van der Waals surface area contributed by atoms with Gasteiger partial charge in [-0.3, -0.25) is 4.79 Å². The summed E-state index contributed by atoms with van der Waals surface area (Å²) in [5.74, 6) is 1.89. The quantitative estimate of drug-likeness (QED) is 0.391. The largest absolute Gasteiger partial charge is 0.424 e. The zero-order valence-electron chi connectivity index (χ0n) is 18.0. The summed E-state index contributed by atoms with van der Waals surface area (Å²) in [6.45, 7) is 1.63. The molecule has 1 saturated carbocycles. The Kier molecular flexibility index (Phi) is 4.48. The third-order valence-electron chi connectivity index (χ3n) is 6.87. The van der Waals surface area contributed by atoms with Crippen molar-refractivity contribution >= 4 is 23.6 Å². The number of rotatable bonds is 6. The molecule has 9 heteroatoms. The van der Waals surface area contributed by atoms with Crippen LogP contribution in [0.25, 0.3) is 11.1 Å². The molecule has 3 aromatic rings. The van der Waals surface area contributed by atoms with Gasteiger partial charge in [-0.05, 0) is 47.2 Å². The first-order chi connectivity index (χ1) is 16.1. The van der Waals surface area contributed by atoms with Crippen molar-refractivity contribution in [2.75, 3.05) is 35.7 Å². The molecule has 4 N–H and O–H groups in total. The second-order valence-corrected chi connectivity index (χ2v) is 8.76. The molecule has 8 nitrogen and oxygen atoms in total. The third kappa shape index (κ3) is 3.27. The lowest BCUT2D eigenvalue weighted by Crippen LogP contribution is -2.29. The van der Waals surface area contributed by atoms with E-state index in [1.807, 2.05) is 0 Å². The maximum absolute atomic E-state index is 14.4. The summed E-state index contributed by atoms with van der Waals surface area (Å²) in [5.41, 5.74) is 11.0. The number of anilines is 3. The molecule has 2 aliphatic carbocycles. The first kappa shape index (κ1) is 19.9. The second-order valence-electron chi connectivity index (χ2n) is 8.76. The molecule has 2 heterocycles. The van der Waals surface area contributed by atoms with Gasteiger partial charge in [0.2, 0.25) is 6.41 Å². The lowest BCUT2D eigenvalue weighted by Gasteiger charge is -2.23. The number of nitrogens with two attached hydrogens (primary N) is 1. The molecule has 1 aromatic heterocycles. The summed E-state index contributed by atoms with van der Waals surface area (Å²) in [7, 11) is 1.79.